The Labute approximate surface area is 211 Å². The SMILES string of the molecule is O=C(CN1CCC(NC(=O)CCc2ccccc2)CC1)Nc1ccc(Oc2ccccc2Cl)cc1. The van der Waals surface area contributed by atoms with Gasteiger partial charge in [0.25, 0.3) is 0 Å². The number of hydrogen-bond acceptors (Lipinski definition) is 4. The van der Waals surface area contributed by atoms with Gasteiger partial charge in [0.05, 0.1) is 11.6 Å². The fourth-order valence-corrected chi connectivity index (χ4v) is 4.28. The molecule has 35 heavy (non-hydrogen) atoms. The number of anilines is 1. The topological polar surface area (TPSA) is 70.7 Å². The first-order chi connectivity index (χ1) is 17.0. The van der Waals surface area contributed by atoms with E-state index in [2.05, 4.69) is 15.5 Å². The Balaban J connectivity index is 1.15. The van der Waals surface area contributed by atoms with Crippen LogP contribution in [0.25, 0.3) is 0 Å². The molecular weight excluding hydrogens is 462 g/mol. The second-order valence-corrected chi connectivity index (χ2v) is 9.12. The van der Waals surface area contributed by atoms with E-state index in [0.29, 0.717) is 35.2 Å². The van der Waals surface area contributed by atoms with Gasteiger partial charge in [0.15, 0.2) is 0 Å². The van der Waals surface area contributed by atoms with Crippen molar-refractivity contribution in [1.82, 2.24) is 10.2 Å². The standard InChI is InChI=1S/C28H30ClN3O3/c29-25-8-4-5-9-26(25)35-24-13-11-22(12-14-24)31-28(34)20-32-18-16-23(17-19-32)30-27(33)15-10-21-6-2-1-3-7-21/h1-9,11-14,23H,10,15-20H2,(H,30,33)(H,31,34). The van der Waals surface area contributed by atoms with E-state index in [1.807, 2.05) is 42.5 Å². The van der Waals surface area contributed by atoms with Gasteiger partial charge in [0.1, 0.15) is 11.5 Å². The molecule has 0 radical (unpaired) electrons. The predicted molar refractivity (Wildman–Crippen MR) is 139 cm³/mol. The van der Waals surface area contributed by atoms with Crippen LogP contribution in [0.15, 0.2) is 78.9 Å². The van der Waals surface area contributed by atoms with Gasteiger partial charge in [0.2, 0.25) is 11.8 Å². The maximum Gasteiger partial charge on any atom is 0.238 e. The van der Waals surface area contributed by atoms with Crippen LogP contribution in [0.1, 0.15) is 24.8 Å². The van der Waals surface area contributed by atoms with Crippen LogP contribution in [0.3, 0.4) is 0 Å². The van der Waals surface area contributed by atoms with Crippen LogP contribution in [0.2, 0.25) is 5.02 Å². The van der Waals surface area contributed by atoms with Crippen molar-refractivity contribution in [2.75, 3.05) is 25.0 Å². The number of ether oxygens (including phenoxy) is 1. The Morgan fingerprint density at radius 3 is 2.29 bits per heavy atom. The number of carbonyl (C=O) groups excluding carboxylic acids is 2. The molecule has 7 heteroatoms. The van der Waals surface area contributed by atoms with Gasteiger partial charge in [-0.1, -0.05) is 54.1 Å². The largest absolute Gasteiger partial charge is 0.456 e. The highest BCUT2D eigenvalue weighted by Crippen LogP contribution is 2.29. The fourth-order valence-electron chi connectivity index (χ4n) is 4.10. The van der Waals surface area contributed by atoms with Crippen LogP contribution in [0.4, 0.5) is 5.69 Å². The molecule has 0 aromatic heterocycles. The number of likely N-dealkylation sites (tertiary alicyclic amines) is 1. The average Bonchev–Trinajstić information content (AvgIpc) is 2.87. The van der Waals surface area contributed by atoms with E-state index in [-0.39, 0.29) is 17.9 Å². The van der Waals surface area contributed by atoms with E-state index in [4.69, 9.17) is 16.3 Å². The molecule has 1 heterocycles. The van der Waals surface area contributed by atoms with E-state index in [1.54, 1.807) is 36.4 Å². The fraction of sp³-hybridized carbons (Fsp3) is 0.286. The molecule has 0 unspecified atom stereocenters. The lowest BCUT2D eigenvalue weighted by molar-refractivity contribution is -0.122. The molecule has 4 rings (SSSR count). The van der Waals surface area contributed by atoms with Crippen molar-refractivity contribution < 1.29 is 14.3 Å². The third kappa shape index (κ3) is 7.84. The summed E-state index contributed by atoms with van der Waals surface area (Å²) in [6, 6.07) is 24.7. The Kier molecular flexibility index (Phi) is 8.76. The van der Waals surface area contributed by atoms with Gasteiger partial charge in [-0.3, -0.25) is 14.5 Å². The van der Waals surface area contributed by atoms with Crippen molar-refractivity contribution in [3.8, 4) is 11.5 Å². The minimum absolute atomic E-state index is 0.0601. The van der Waals surface area contributed by atoms with Gasteiger partial charge < -0.3 is 15.4 Å². The van der Waals surface area contributed by atoms with Crippen molar-refractivity contribution in [2.45, 2.75) is 31.7 Å². The highest BCUT2D eigenvalue weighted by atomic mass is 35.5. The summed E-state index contributed by atoms with van der Waals surface area (Å²) in [6.07, 6.45) is 2.94. The van der Waals surface area contributed by atoms with Crippen LogP contribution in [-0.2, 0) is 16.0 Å². The first-order valence-corrected chi connectivity index (χ1v) is 12.3. The average molecular weight is 492 g/mol. The molecule has 1 fully saturated rings. The third-order valence-corrected chi connectivity index (χ3v) is 6.32. The number of nitrogens with zero attached hydrogens (tertiary/aromatic N) is 1. The van der Waals surface area contributed by atoms with Crippen LogP contribution in [0, 0.1) is 0 Å². The molecule has 0 bridgehead atoms. The molecule has 1 aliphatic heterocycles. The zero-order valence-electron chi connectivity index (χ0n) is 19.6. The zero-order valence-corrected chi connectivity index (χ0v) is 20.3. The molecule has 6 nitrogen and oxygen atoms in total. The van der Waals surface area contributed by atoms with Crippen LogP contribution >= 0.6 is 11.6 Å². The minimum atomic E-state index is -0.0601. The lowest BCUT2D eigenvalue weighted by Crippen LogP contribution is -2.46. The van der Waals surface area contributed by atoms with Crippen molar-refractivity contribution in [2.24, 2.45) is 0 Å². The molecule has 1 saturated heterocycles. The van der Waals surface area contributed by atoms with Crippen LogP contribution in [-0.4, -0.2) is 42.4 Å². The van der Waals surface area contributed by atoms with Gasteiger partial charge >= 0.3 is 0 Å². The van der Waals surface area contributed by atoms with Crippen LogP contribution in [0.5, 0.6) is 11.5 Å². The summed E-state index contributed by atoms with van der Waals surface area (Å²) in [5.74, 6) is 1.26. The summed E-state index contributed by atoms with van der Waals surface area (Å²) in [4.78, 5) is 26.9. The Bertz CT molecular complexity index is 1110. The number of para-hydroxylation sites is 1. The Morgan fingerprint density at radius 1 is 0.886 bits per heavy atom. The van der Waals surface area contributed by atoms with E-state index < -0.39 is 0 Å². The molecule has 0 spiro atoms. The summed E-state index contributed by atoms with van der Waals surface area (Å²) < 4.78 is 5.78. The van der Waals surface area contributed by atoms with Crippen molar-refractivity contribution in [3.63, 3.8) is 0 Å². The highest BCUT2D eigenvalue weighted by molar-refractivity contribution is 6.32. The Morgan fingerprint density at radius 2 is 1.57 bits per heavy atom. The highest BCUT2D eigenvalue weighted by Gasteiger charge is 2.22. The van der Waals surface area contributed by atoms with E-state index in [9.17, 15) is 9.59 Å². The molecular formula is C28H30ClN3O3. The lowest BCUT2D eigenvalue weighted by Gasteiger charge is -2.31. The summed E-state index contributed by atoms with van der Waals surface area (Å²) in [5.41, 5.74) is 1.88. The number of carbonyl (C=O) groups is 2. The number of aryl methyl sites for hydroxylation is 1. The van der Waals surface area contributed by atoms with Gasteiger partial charge in [-0.25, -0.2) is 0 Å². The predicted octanol–water partition coefficient (Wildman–Crippen LogP) is 5.28. The molecule has 2 amide bonds. The number of benzene rings is 3. The normalized spacial score (nSPS) is 14.3. The number of nitrogens with one attached hydrogen (secondary N) is 2. The van der Waals surface area contributed by atoms with Crippen molar-refractivity contribution >= 4 is 29.1 Å². The summed E-state index contributed by atoms with van der Waals surface area (Å²) in [7, 11) is 0. The molecule has 3 aromatic carbocycles. The number of piperidine rings is 1. The summed E-state index contributed by atoms with van der Waals surface area (Å²) in [6.45, 7) is 1.88. The van der Waals surface area contributed by atoms with E-state index in [0.717, 1.165) is 32.4 Å². The first kappa shape index (κ1) is 24.8. The van der Waals surface area contributed by atoms with Gasteiger partial charge in [-0.2, -0.15) is 0 Å². The molecule has 0 aliphatic carbocycles. The Hall–Kier alpha value is -3.35. The molecule has 0 saturated carbocycles. The van der Waals surface area contributed by atoms with Gasteiger partial charge in [0, 0.05) is 31.2 Å². The molecule has 2 N–H and O–H groups in total. The van der Waals surface area contributed by atoms with Gasteiger partial charge in [-0.15, -0.1) is 0 Å². The number of halogens is 1. The molecule has 182 valence electrons. The van der Waals surface area contributed by atoms with Crippen molar-refractivity contribution in [1.29, 1.82) is 0 Å². The summed E-state index contributed by atoms with van der Waals surface area (Å²) in [5, 5.41) is 6.62. The quantitative estimate of drug-likeness (QED) is 0.427. The molecule has 3 aromatic rings. The summed E-state index contributed by atoms with van der Waals surface area (Å²) >= 11 is 6.13. The smallest absolute Gasteiger partial charge is 0.238 e. The maximum atomic E-state index is 12.5. The number of rotatable bonds is 9. The zero-order chi connectivity index (χ0) is 24.5. The van der Waals surface area contributed by atoms with Crippen molar-refractivity contribution in [3.05, 3.63) is 89.4 Å². The second kappa shape index (κ2) is 12.4. The second-order valence-electron chi connectivity index (χ2n) is 8.71. The van der Waals surface area contributed by atoms with E-state index in [1.165, 1.54) is 5.56 Å². The molecule has 0 atom stereocenters. The van der Waals surface area contributed by atoms with Crippen LogP contribution < -0.4 is 15.4 Å². The third-order valence-electron chi connectivity index (χ3n) is 6.01. The number of amides is 2. The lowest BCUT2D eigenvalue weighted by atomic mass is 10.0. The first-order valence-electron chi connectivity index (χ1n) is 11.9. The van der Waals surface area contributed by atoms with E-state index >= 15 is 0 Å². The maximum absolute atomic E-state index is 12.5. The van der Waals surface area contributed by atoms with Gasteiger partial charge in [-0.05, 0) is 61.2 Å². The number of hydrogen-bond donors (Lipinski definition) is 2. The molecule has 1 aliphatic rings. The minimum Gasteiger partial charge on any atom is -0.456 e. The monoisotopic (exact) mass is 491 g/mol.